The van der Waals surface area contributed by atoms with Gasteiger partial charge in [0.2, 0.25) is 11.8 Å². The van der Waals surface area contributed by atoms with E-state index in [1.165, 1.54) is 0 Å². The van der Waals surface area contributed by atoms with Gasteiger partial charge in [-0.05, 0) is 36.0 Å². The zero-order chi connectivity index (χ0) is 18.4. The highest BCUT2D eigenvalue weighted by Gasteiger charge is 2.16. The molecule has 2 aromatic rings. The molecule has 0 bridgehead atoms. The molecule has 6 heteroatoms. The lowest BCUT2D eigenvalue weighted by Crippen LogP contribution is -2.14. The molecule has 0 unspecified atom stereocenters. The number of hydrogen-bond acceptors (Lipinski definition) is 5. The summed E-state index contributed by atoms with van der Waals surface area (Å²) in [5.41, 5.74) is 1.44. The van der Waals surface area contributed by atoms with Gasteiger partial charge in [0.05, 0.1) is 5.69 Å². The maximum absolute atomic E-state index is 12.1. The molecule has 1 amide bonds. The first-order valence-corrected chi connectivity index (χ1v) is 8.74. The quantitative estimate of drug-likeness (QED) is 0.741. The van der Waals surface area contributed by atoms with Gasteiger partial charge in [-0.1, -0.05) is 38.9 Å². The molecule has 0 aliphatic rings. The summed E-state index contributed by atoms with van der Waals surface area (Å²) < 4.78 is 5.16. The van der Waals surface area contributed by atoms with Crippen molar-refractivity contribution in [3.8, 4) is 5.75 Å². The lowest BCUT2D eigenvalue weighted by molar-refractivity contribution is -0.116. The second-order valence-electron chi connectivity index (χ2n) is 7.24. The average Bonchev–Trinajstić information content (AvgIpc) is 2.96. The fraction of sp³-hybridized carbons (Fsp3) is 0.526. The number of nitrogens with zero attached hydrogens (tertiary/aromatic N) is 2. The third-order valence-electron chi connectivity index (χ3n) is 3.91. The molecular weight excluding hydrogens is 318 g/mol. The van der Waals surface area contributed by atoms with Crippen molar-refractivity contribution in [3.63, 3.8) is 0 Å². The summed E-state index contributed by atoms with van der Waals surface area (Å²) in [5, 5.41) is 16.6. The van der Waals surface area contributed by atoms with E-state index in [0.29, 0.717) is 36.7 Å². The summed E-state index contributed by atoms with van der Waals surface area (Å²) >= 11 is 0. The highest BCUT2D eigenvalue weighted by Crippen LogP contribution is 2.30. The third kappa shape index (κ3) is 5.59. The number of anilines is 1. The van der Waals surface area contributed by atoms with Gasteiger partial charge >= 0.3 is 0 Å². The minimum atomic E-state index is -0.144. The molecule has 6 nitrogen and oxygen atoms in total. The Morgan fingerprint density at radius 2 is 2.04 bits per heavy atom. The van der Waals surface area contributed by atoms with Crippen molar-refractivity contribution in [2.45, 2.75) is 65.2 Å². The van der Waals surface area contributed by atoms with Crippen LogP contribution < -0.4 is 5.32 Å². The van der Waals surface area contributed by atoms with E-state index >= 15 is 0 Å². The minimum absolute atomic E-state index is 0.0542. The highest BCUT2D eigenvalue weighted by molar-refractivity contribution is 5.92. The van der Waals surface area contributed by atoms with Crippen molar-refractivity contribution in [2.75, 3.05) is 5.32 Å². The molecule has 2 N–H and O–H groups in total. The van der Waals surface area contributed by atoms with Crippen LogP contribution in [-0.2, 0) is 23.1 Å². The normalized spacial score (nSPS) is 11.5. The van der Waals surface area contributed by atoms with E-state index in [9.17, 15) is 9.90 Å². The number of benzene rings is 1. The second kappa shape index (κ2) is 8.14. The molecule has 0 saturated carbocycles. The Hall–Kier alpha value is -2.37. The standard InChI is InChI=1S/C19H27N3O3/c1-5-7-16-21-18(25-22-16)9-6-8-17(24)20-14-12-13(19(2,3)4)10-11-15(14)23/h10-12,23H,5-9H2,1-4H3,(H,20,24). The van der Waals surface area contributed by atoms with E-state index in [1.54, 1.807) is 6.07 Å². The van der Waals surface area contributed by atoms with Crippen LogP contribution in [0.4, 0.5) is 5.69 Å². The fourth-order valence-corrected chi connectivity index (χ4v) is 2.43. The molecule has 1 heterocycles. The number of carbonyl (C=O) groups is 1. The van der Waals surface area contributed by atoms with Crippen LogP contribution in [0.3, 0.4) is 0 Å². The zero-order valence-corrected chi connectivity index (χ0v) is 15.4. The minimum Gasteiger partial charge on any atom is -0.506 e. The molecule has 1 aromatic heterocycles. The summed E-state index contributed by atoms with van der Waals surface area (Å²) in [4.78, 5) is 16.4. The number of aryl methyl sites for hydroxylation is 2. The first-order chi connectivity index (χ1) is 11.8. The van der Waals surface area contributed by atoms with Crippen molar-refractivity contribution < 1.29 is 14.4 Å². The number of amides is 1. The number of aromatic hydroxyl groups is 1. The number of hydrogen-bond donors (Lipinski definition) is 2. The maximum Gasteiger partial charge on any atom is 0.226 e. The number of nitrogens with one attached hydrogen (secondary N) is 1. The van der Waals surface area contributed by atoms with E-state index in [4.69, 9.17) is 4.52 Å². The molecule has 136 valence electrons. The van der Waals surface area contributed by atoms with Crippen LogP contribution >= 0.6 is 0 Å². The molecule has 0 spiro atoms. The van der Waals surface area contributed by atoms with Gasteiger partial charge in [0.15, 0.2) is 5.82 Å². The number of phenolic OH excluding ortho intramolecular Hbond substituents is 1. The van der Waals surface area contributed by atoms with E-state index in [0.717, 1.165) is 18.4 Å². The van der Waals surface area contributed by atoms with Crippen LogP contribution in [0.15, 0.2) is 22.7 Å². The fourth-order valence-electron chi connectivity index (χ4n) is 2.43. The Labute approximate surface area is 148 Å². The highest BCUT2D eigenvalue weighted by atomic mass is 16.5. The number of rotatable bonds is 7. The first-order valence-electron chi connectivity index (χ1n) is 8.74. The van der Waals surface area contributed by atoms with Crippen LogP contribution in [0.2, 0.25) is 0 Å². The van der Waals surface area contributed by atoms with Crippen LogP contribution in [0.25, 0.3) is 0 Å². The van der Waals surface area contributed by atoms with E-state index < -0.39 is 0 Å². The lowest BCUT2D eigenvalue weighted by atomic mass is 9.87. The van der Waals surface area contributed by atoms with Crippen molar-refractivity contribution >= 4 is 11.6 Å². The third-order valence-corrected chi connectivity index (χ3v) is 3.91. The molecule has 0 radical (unpaired) electrons. The summed E-state index contributed by atoms with van der Waals surface area (Å²) in [6.07, 6.45) is 3.27. The van der Waals surface area contributed by atoms with Gasteiger partial charge in [-0.25, -0.2) is 0 Å². The summed E-state index contributed by atoms with van der Waals surface area (Å²) in [6.45, 7) is 8.32. The van der Waals surface area contributed by atoms with Crippen molar-refractivity contribution in [3.05, 3.63) is 35.5 Å². The molecule has 2 rings (SSSR count). The SMILES string of the molecule is CCCc1noc(CCCC(=O)Nc2cc(C(C)(C)C)ccc2O)n1. The van der Waals surface area contributed by atoms with E-state index in [1.807, 2.05) is 12.1 Å². The topological polar surface area (TPSA) is 88.2 Å². The van der Waals surface area contributed by atoms with Crippen molar-refractivity contribution in [1.82, 2.24) is 10.1 Å². The molecule has 25 heavy (non-hydrogen) atoms. The Morgan fingerprint density at radius 3 is 2.72 bits per heavy atom. The Kier molecular flexibility index (Phi) is 6.17. The maximum atomic E-state index is 12.1. The predicted octanol–water partition coefficient (Wildman–Crippen LogP) is 3.99. The van der Waals surface area contributed by atoms with Crippen molar-refractivity contribution in [2.24, 2.45) is 0 Å². The predicted molar refractivity (Wildman–Crippen MR) is 96.7 cm³/mol. The van der Waals surface area contributed by atoms with Gasteiger partial charge < -0.3 is 14.9 Å². The second-order valence-corrected chi connectivity index (χ2v) is 7.24. The molecular formula is C19H27N3O3. The first kappa shape index (κ1) is 19.0. The van der Waals surface area contributed by atoms with Crippen molar-refractivity contribution in [1.29, 1.82) is 0 Å². The van der Waals surface area contributed by atoms with Gasteiger partial charge in [0, 0.05) is 19.3 Å². The number of aromatic nitrogens is 2. The number of carbonyl (C=O) groups excluding carboxylic acids is 1. The van der Waals surface area contributed by atoms with Crippen LogP contribution in [0.1, 0.15) is 64.2 Å². The van der Waals surface area contributed by atoms with Gasteiger partial charge in [-0.15, -0.1) is 0 Å². The summed E-state index contributed by atoms with van der Waals surface area (Å²) in [7, 11) is 0. The van der Waals surface area contributed by atoms with Gasteiger partial charge in [-0.3, -0.25) is 4.79 Å². The van der Waals surface area contributed by atoms with Gasteiger partial charge in [-0.2, -0.15) is 4.98 Å². The molecule has 0 saturated heterocycles. The molecule has 0 atom stereocenters. The van der Waals surface area contributed by atoms with Gasteiger partial charge in [0.1, 0.15) is 5.75 Å². The average molecular weight is 345 g/mol. The summed E-state index contributed by atoms with van der Waals surface area (Å²) in [5.74, 6) is 1.21. The van der Waals surface area contributed by atoms with Crippen LogP contribution in [0.5, 0.6) is 5.75 Å². The van der Waals surface area contributed by atoms with Crippen LogP contribution in [0, 0.1) is 0 Å². The van der Waals surface area contributed by atoms with Crippen LogP contribution in [-0.4, -0.2) is 21.2 Å². The Morgan fingerprint density at radius 1 is 1.28 bits per heavy atom. The Bertz CT molecular complexity index is 717. The lowest BCUT2D eigenvalue weighted by Gasteiger charge is -2.20. The smallest absolute Gasteiger partial charge is 0.226 e. The molecule has 0 aliphatic carbocycles. The van der Waals surface area contributed by atoms with Gasteiger partial charge in [0.25, 0.3) is 0 Å². The summed E-state index contributed by atoms with van der Waals surface area (Å²) in [6, 6.07) is 5.31. The largest absolute Gasteiger partial charge is 0.506 e. The zero-order valence-electron chi connectivity index (χ0n) is 15.4. The van der Waals surface area contributed by atoms with E-state index in [-0.39, 0.29) is 17.1 Å². The monoisotopic (exact) mass is 345 g/mol. The molecule has 0 fully saturated rings. The number of phenols is 1. The molecule has 1 aromatic carbocycles. The Balaban J connectivity index is 1.87. The van der Waals surface area contributed by atoms with E-state index in [2.05, 4.69) is 43.2 Å². The molecule has 0 aliphatic heterocycles.